The fourth-order valence-corrected chi connectivity index (χ4v) is 2.66. The summed E-state index contributed by atoms with van der Waals surface area (Å²) in [6.45, 7) is 0. The van der Waals surface area contributed by atoms with Crippen molar-refractivity contribution in [2.24, 2.45) is 5.73 Å². The van der Waals surface area contributed by atoms with Gasteiger partial charge >= 0.3 is 0 Å². The van der Waals surface area contributed by atoms with Gasteiger partial charge in [0.2, 0.25) is 0 Å². The number of halogens is 1. The minimum absolute atomic E-state index is 0.0102. The third-order valence-electron chi connectivity index (χ3n) is 2.04. The van der Waals surface area contributed by atoms with Crippen LogP contribution in [0.25, 0.3) is 0 Å². The highest BCUT2D eigenvalue weighted by molar-refractivity contribution is 9.10. The smallest absolute Gasteiger partial charge is 0.141 e. The van der Waals surface area contributed by atoms with Crippen LogP contribution < -0.4 is 5.73 Å². The number of amidine groups is 1. The Kier molecular flexibility index (Phi) is 3.81. The minimum Gasteiger partial charge on any atom is -0.382 e. The molecule has 2 rings (SSSR count). The lowest BCUT2D eigenvalue weighted by Crippen LogP contribution is -2.12. The first-order valence-corrected chi connectivity index (χ1v) is 6.50. The molecule has 0 bridgehead atoms. The summed E-state index contributed by atoms with van der Waals surface area (Å²) in [5, 5.41) is 7.26. The Morgan fingerprint density at radius 2 is 2.06 bits per heavy atom. The molecule has 0 amide bonds. The van der Waals surface area contributed by atoms with Crippen molar-refractivity contribution in [1.82, 2.24) is 4.98 Å². The number of pyridine rings is 1. The van der Waals surface area contributed by atoms with Crippen molar-refractivity contribution in [2.45, 2.75) is 9.79 Å². The lowest BCUT2D eigenvalue weighted by Gasteiger charge is -2.03. The summed E-state index contributed by atoms with van der Waals surface area (Å²) in [6, 6.07) is 11.7. The van der Waals surface area contributed by atoms with E-state index >= 15 is 0 Å². The number of hydrogen-bond acceptors (Lipinski definition) is 3. The molecular weight excluding hydrogens is 298 g/mol. The van der Waals surface area contributed by atoms with Crippen molar-refractivity contribution in [2.75, 3.05) is 0 Å². The first-order chi connectivity index (χ1) is 8.15. The van der Waals surface area contributed by atoms with Crippen LogP contribution in [0.3, 0.4) is 0 Å². The molecule has 0 fully saturated rings. The molecule has 86 valence electrons. The Morgan fingerprint density at radius 3 is 2.65 bits per heavy atom. The fourth-order valence-electron chi connectivity index (χ4n) is 1.27. The molecule has 2 aromatic rings. The molecule has 0 saturated heterocycles. The van der Waals surface area contributed by atoms with Gasteiger partial charge in [-0.3, -0.25) is 10.4 Å². The van der Waals surface area contributed by atoms with Crippen molar-refractivity contribution in [3.8, 4) is 0 Å². The van der Waals surface area contributed by atoms with Gasteiger partial charge in [0, 0.05) is 20.5 Å². The quantitative estimate of drug-likeness (QED) is 0.675. The van der Waals surface area contributed by atoms with Gasteiger partial charge in [-0.25, -0.2) is 0 Å². The van der Waals surface area contributed by atoms with E-state index in [4.69, 9.17) is 11.1 Å². The van der Waals surface area contributed by atoms with Gasteiger partial charge in [0.05, 0.1) is 0 Å². The maximum atomic E-state index is 7.26. The van der Waals surface area contributed by atoms with Crippen LogP contribution in [0.15, 0.2) is 56.9 Å². The van der Waals surface area contributed by atoms with Gasteiger partial charge in [0.15, 0.2) is 0 Å². The monoisotopic (exact) mass is 307 g/mol. The van der Waals surface area contributed by atoms with Gasteiger partial charge in [-0.05, 0) is 30.3 Å². The second-order valence-electron chi connectivity index (χ2n) is 3.35. The summed E-state index contributed by atoms with van der Waals surface area (Å²) in [6.07, 6.45) is 1.72. The third-order valence-corrected chi connectivity index (χ3v) is 3.50. The normalized spacial score (nSPS) is 10.2. The zero-order valence-electron chi connectivity index (χ0n) is 8.85. The van der Waals surface area contributed by atoms with E-state index in [1.807, 2.05) is 30.3 Å². The number of aromatic nitrogens is 1. The molecule has 0 radical (unpaired) electrons. The van der Waals surface area contributed by atoms with Gasteiger partial charge < -0.3 is 5.73 Å². The number of nitrogen functional groups attached to an aromatic ring is 1. The molecule has 1 heterocycles. The van der Waals surface area contributed by atoms with Crippen LogP contribution in [0.4, 0.5) is 0 Å². The highest BCUT2D eigenvalue weighted by Gasteiger charge is 2.01. The second-order valence-corrected chi connectivity index (χ2v) is 5.41. The molecule has 0 saturated carbocycles. The van der Waals surface area contributed by atoms with E-state index in [0.29, 0.717) is 5.69 Å². The summed E-state index contributed by atoms with van der Waals surface area (Å²) in [4.78, 5) is 6.27. The predicted molar refractivity (Wildman–Crippen MR) is 73.5 cm³/mol. The first kappa shape index (κ1) is 12.1. The summed E-state index contributed by atoms with van der Waals surface area (Å²) in [5.74, 6) is -0.0102. The van der Waals surface area contributed by atoms with Crippen LogP contribution in [0.5, 0.6) is 0 Å². The number of rotatable bonds is 3. The highest BCUT2D eigenvalue weighted by Crippen LogP contribution is 2.28. The van der Waals surface area contributed by atoms with Gasteiger partial charge in [-0.15, -0.1) is 0 Å². The van der Waals surface area contributed by atoms with Crippen LogP contribution >= 0.6 is 27.7 Å². The van der Waals surface area contributed by atoms with Gasteiger partial charge in [0.25, 0.3) is 0 Å². The molecule has 0 atom stereocenters. The number of hydrogen-bond donors (Lipinski definition) is 2. The molecule has 0 spiro atoms. The maximum Gasteiger partial charge on any atom is 0.141 e. The molecule has 0 aliphatic carbocycles. The van der Waals surface area contributed by atoms with Gasteiger partial charge in [-0.1, -0.05) is 33.8 Å². The largest absolute Gasteiger partial charge is 0.382 e. The SMILES string of the molecule is N=C(N)c1ccc(Sc2cccc(Br)c2)cn1. The van der Waals surface area contributed by atoms with E-state index in [9.17, 15) is 0 Å². The minimum atomic E-state index is -0.0102. The Balaban J connectivity index is 2.16. The number of benzene rings is 1. The van der Waals surface area contributed by atoms with E-state index < -0.39 is 0 Å². The molecule has 5 heteroatoms. The Labute approximate surface area is 112 Å². The first-order valence-electron chi connectivity index (χ1n) is 4.89. The molecule has 1 aromatic heterocycles. The summed E-state index contributed by atoms with van der Waals surface area (Å²) < 4.78 is 1.05. The van der Waals surface area contributed by atoms with Crippen LogP contribution in [-0.2, 0) is 0 Å². The molecule has 1 aromatic carbocycles. The summed E-state index contributed by atoms with van der Waals surface area (Å²) in [5.41, 5.74) is 5.85. The van der Waals surface area contributed by atoms with E-state index in [1.54, 1.807) is 24.0 Å². The molecular formula is C12H10BrN3S. The predicted octanol–water partition coefficient (Wildman–Crippen LogP) is 3.28. The Morgan fingerprint density at radius 1 is 1.24 bits per heavy atom. The molecule has 0 unspecified atom stereocenters. The van der Waals surface area contributed by atoms with Crippen LogP contribution in [0.2, 0.25) is 0 Å². The van der Waals surface area contributed by atoms with Crippen molar-refractivity contribution in [3.05, 3.63) is 52.8 Å². The van der Waals surface area contributed by atoms with Crippen LogP contribution in [0, 0.1) is 5.41 Å². The number of nitrogens with zero attached hydrogens (tertiary/aromatic N) is 1. The molecule has 3 N–H and O–H groups in total. The molecule has 3 nitrogen and oxygen atoms in total. The zero-order chi connectivity index (χ0) is 12.3. The molecule has 17 heavy (non-hydrogen) atoms. The Hall–Kier alpha value is -1.33. The third kappa shape index (κ3) is 3.31. The number of nitrogens with one attached hydrogen (secondary N) is 1. The lowest BCUT2D eigenvalue weighted by molar-refractivity contribution is 1.19. The van der Waals surface area contributed by atoms with Crippen molar-refractivity contribution in [3.63, 3.8) is 0 Å². The maximum absolute atomic E-state index is 7.26. The van der Waals surface area contributed by atoms with Crippen LogP contribution in [-0.4, -0.2) is 10.8 Å². The molecule has 0 aliphatic rings. The topological polar surface area (TPSA) is 62.8 Å². The van der Waals surface area contributed by atoms with Crippen molar-refractivity contribution in [1.29, 1.82) is 5.41 Å². The van der Waals surface area contributed by atoms with Crippen molar-refractivity contribution >= 4 is 33.5 Å². The van der Waals surface area contributed by atoms with E-state index in [-0.39, 0.29) is 5.84 Å². The highest BCUT2D eigenvalue weighted by atomic mass is 79.9. The summed E-state index contributed by atoms with van der Waals surface area (Å²) >= 11 is 5.05. The van der Waals surface area contributed by atoms with E-state index in [2.05, 4.69) is 20.9 Å². The van der Waals surface area contributed by atoms with Crippen molar-refractivity contribution < 1.29 is 0 Å². The van der Waals surface area contributed by atoms with E-state index in [0.717, 1.165) is 14.3 Å². The van der Waals surface area contributed by atoms with Gasteiger partial charge in [-0.2, -0.15) is 0 Å². The van der Waals surface area contributed by atoms with E-state index in [1.165, 1.54) is 0 Å². The van der Waals surface area contributed by atoms with Gasteiger partial charge in [0.1, 0.15) is 11.5 Å². The average molecular weight is 308 g/mol. The second kappa shape index (κ2) is 5.33. The number of nitrogens with two attached hydrogens (primary N) is 1. The zero-order valence-corrected chi connectivity index (χ0v) is 11.3. The lowest BCUT2D eigenvalue weighted by atomic mass is 10.3. The fraction of sp³-hybridized carbons (Fsp3) is 0. The summed E-state index contributed by atoms with van der Waals surface area (Å²) in [7, 11) is 0. The Bertz CT molecular complexity index is 540. The van der Waals surface area contributed by atoms with Crippen LogP contribution in [0.1, 0.15) is 5.69 Å². The standard InChI is InChI=1S/C12H10BrN3S/c13-8-2-1-3-9(6-8)17-10-4-5-11(12(14)15)16-7-10/h1-7H,(H3,14,15). The molecule has 0 aliphatic heterocycles. The average Bonchev–Trinajstić information content (AvgIpc) is 2.29.